The molecule has 0 amide bonds. The minimum Gasteiger partial charge on any atom is -0.480 e. The van der Waals surface area contributed by atoms with Gasteiger partial charge in [0.25, 0.3) is 0 Å². The number of nitrogens with zero attached hydrogens (tertiary/aromatic N) is 2. The number of carboxylic acid groups (broad SMARTS) is 1. The van der Waals surface area contributed by atoms with Crippen LogP contribution >= 0.6 is 0 Å². The van der Waals surface area contributed by atoms with E-state index in [0.29, 0.717) is 12.5 Å². The molecule has 1 rings (SSSR count). The summed E-state index contributed by atoms with van der Waals surface area (Å²) in [6.07, 6.45) is 5.29. The highest BCUT2D eigenvalue weighted by Gasteiger charge is 2.28. The Bertz CT molecular complexity index is 258. The SMILES string of the molecule is CCCN1CCCC(N(C)C(CC)C(=O)O)CC1. The molecule has 106 valence electrons. The van der Waals surface area contributed by atoms with Crippen LogP contribution in [0.15, 0.2) is 0 Å². The molecule has 1 N–H and O–H groups in total. The largest absolute Gasteiger partial charge is 0.480 e. The molecule has 4 heteroatoms. The first-order valence-electron chi connectivity index (χ1n) is 7.27. The predicted octanol–water partition coefficient (Wildman–Crippen LogP) is 2.05. The molecule has 0 bridgehead atoms. The number of likely N-dealkylation sites (N-methyl/N-ethyl adjacent to an activating group) is 1. The average molecular weight is 256 g/mol. The van der Waals surface area contributed by atoms with Gasteiger partial charge in [0, 0.05) is 6.04 Å². The van der Waals surface area contributed by atoms with Crippen molar-refractivity contribution >= 4 is 5.97 Å². The van der Waals surface area contributed by atoms with Crippen LogP contribution in [0.4, 0.5) is 0 Å². The molecule has 0 saturated carbocycles. The molecule has 1 fully saturated rings. The van der Waals surface area contributed by atoms with Crippen LogP contribution in [-0.2, 0) is 4.79 Å². The highest BCUT2D eigenvalue weighted by molar-refractivity contribution is 5.73. The van der Waals surface area contributed by atoms with Gasteiger partial charge in [0.1, 0.15) is 6.04 Å². The summed E-state index contributed by atoms with van der Waals surface area (Å²) >= 11 is 0. The standard InChI is InChI=1S/C14H28N2O2/c1-4-9-16-10-6-7-12(8-11-16)15(3)13(5-2)14(17)18/h12-13H,4-11H2,1-3H3,(H,17,18). The molecular formula is C14H28N2O2. The Labute approximate surface area is 111 Å². The van der Waals surface area contributed by atoms with Crippen LogP contribution in [0, 0.1) is 0 Å². The van der Waals surface area contributed by atoms with E-state index in [1.807, 2.05) is 14.0 Å². The first-order valence-corrected chi connectivity index (χ1v) is 7.27. The molecule has 0 aromatic rings. The van der Waals surface area contributed by atoms with Gasteiger partial charge in [-0.1, -0.05) is 13.8 Å². The minimum absolute atomic E-state index is 0.326. The van der Waals surface area contributed by atoms with Gasteiger partial charge >= 0.3 is 5.97 Å². The van der Waals surface area contributed by atoms with Crippen molar-refractivity contribution in [2.45, 2.75) is 58.0 Å². The summed E-state index contributed by atoms with van der Waals surface area (Å²) in [7, 11) is 1.97. The van der Waals surface area contributed by atoms with E-state index in [2.05, 4.69) is 16.7 Å². The number of hydrogen-bond donors (Lipinski definition) is 1. The van der Waals surface area contributed by atoms with Crippen LogP contribution in [0.5, 0.6) is 0 Å². The van der Waals surface area contributed by atoms with Crippen molar-refractivity contribution in [1.82, 2.24) is 9.80 Å². The van der Waals surface area contributed by atoms with Gasteiger partial charge in [-0.05, 0) is 58.8 Å². The number of carboxylic acids is 1. The van der Waals surface area contributed by atoms with Crippen molar-refractivity contribution in [2.24, 2.45) is 0 Å². The second kappa shape index (κ2) is 7.74. The molecule has 2 atom stereocenters. The summed E-state index contributed by atoms with van der Waals surface area (Å²) in [5.41, 5.74) is 0. The molecule has 0 spiro atoms. The maximum absolute atomic E-state index is 11.2. The molecular weight excluding hydrogens is 228 g/mol. The molecule has 4 nitrogen and oxygen atoms in total. The molecule has 0 radical (unpaired) electrons. The maximum atomic E-state index is 11.2. The Morgan fingerprint density at radius 3 is 2.67 bits per heavy atom. The van der Waals surface area contributed by atoms with Gasteiger partial charge in [-0.3, -0.25) is 9.69 Å². The highest BCUT2D eigenvalue weighted by Crippen LogP contribution is 2.19. The van der Waals surface area contributed by atoms with Gasteiger partial charge in [0.15, 0.2) is 0 Å². The van der Waals surface area contributed by atoms with Crippen LogP contribution < -0.4 is 0 Å². The zero-order valence-electron chi connectivity index (χ0n) is 12.1. The van der Waals surface area contributed by atoms with E-state index in [0.717, 1.165) is 19.4 Å². The molecule has 1 saturated heterocycles. The molecule has 1 aliphatic heterocycles. The summed E-state index contributed by atoms with van der Waals surface area (Å²) < 4.78 is 0. The van der Waals surface area contributed by atoms with Crippen LogP contribution in [0.25, 0.3) is 0 Å². The quantitative estimate of drug-likeness (QED) is 0.790. The number of hydrogen-bond acceptors (Lipinski definition) is 3. The zero-order chi connectivity index (χ0) is 13.5. The molecule has 1 heterocycles. The van der Waals surface area contributed by atoms with E-state index in [4.69, 9.17) is 0 Å². The number of aliphatic carboxylic acids is 1. The first kappa shape index (κ1) is 15.4. The lowest BCUT2D eigenvalue weighted by molar-refractivity contribution is -0.143. The fraction of sp³-hybridized carbons (Fsp3) is 0.929. The Morgan fingerprint density at radius 1 is 1.39 bits per heavy atom. The number of carbonyl (C=O) groups is 1. The van der Waals surface area contributed by atoms with Crippen molar-refractivity contribution in [3.8, 4) is 0 Å². The molecule has 1 aliphatic rings. The lowest BCUT2D eigenvalue weighted by atomic mass is 10.0. The molecule has 0 aliphatic carbocycles. The zero-order valence-corrected chi connectivity index (χ0v) is 12.1. The Morgan fingerprint density at radius 2 is 2.11 bits per heavy atom. The lowest BCUT2D eigenvalue weighted by Gasteiger charge is -2.31. The maximum Gasteiger partial charge on any atom is 0.320 e. The van der Waals surface area contributed by atoms with Gasteiger partial charge in [0.05, 0.1) is 0 Å². The highest BCUT2D eigenvalue weighted by atomic mass is 16.4. The van der Waals surface area contributed by atoms with Crippen LogP contribution in [0.2, 0.25) is 0 Å². The minimum atomic E-state index is -0.685. The fourth-order valence-corrected chi connectivity index (χ4v) is 2.98. The number of rotatable bonds is 6. The number of likely N-dealkylation sites (tertiary alicyclic amines) is 1. The molecule has 0 aromatic carbocycles. The summed E-state index contributed by atoms with van der Waals surface area (Å²) in [5, 5.41) is 9.23. The summed E-state index contributed by atoms with van der Waals surface area (Å²) in [6, 6.07) is 0.0978. The van der Waals surface area contributed by atoms with Crippen LogP contribution in [0.3, 0.4) is 0 Å². The lowest BCUT2D eigenvalue weighted by Crippen LogP contribution is -2.44. The van der Waals surface area contributed by atoms with Crippen molar-refractivity contribution < 1.29 is 9.90 Å². The van der Waals surface area contributed by atoms with Crippen molar-refractivity contribution in [3.05, 3.63) is 0 Å². The van der Waals surface area contributed by atoms with Gasteiger partial charge in [0.2, 0.25) is 0 Å². The van der Waals surface area contributed by atoms with Gasteiger partial charge in [-0.25, -0.2) is 0 Å². The van der Waals surface area contributed by atoms with Crippen molar-refractivity contribution in [1.29, 1.82) is 0 Å². The van der Waals surface area contributed by atoms with Crippen molar-refractivity contribution in [2.75, 3.05) is 26.7 Å². The molecule has 0 aromatic heterocycles. The Kier molecular flexibility index (Phi) is 6.65. The van der Waals surface area contributed by atoms with Crippen LogP contribution in [0.1, 0.15) is 46.0 Å². The van der Waals surface area contributed by atoms with Gasteiger partial charge < -0.3 is 10.0 Å². The van der Waals surface area contributed by atoms with E-state index in [-0.39, 0.29) is 6.04 Å². The first-order chi connectivity index (χ1) is 8.60. The van der Waals surface area contributed by atoms with Gasteiger partial charge in [-0.2, -0.15) is 0 Å². The van der Waals surface area contributed by atoms with Crippen LogP contribution in [-0.4, -0.2) is 59.6 Å². The van der Waals surface area contributed by atoms with E-state index < -0.39 is 5.97 Å². The second-order valence-electron chi connectivity index (χ2n) is 5.35. The van der Waals surface area contributed by atoms with E-state index in [1.165, 1.54) is 25.9 Å². The molecule has 2 unspecified atom stereocenters. The normalized spacial score (nSPS) is 23.9. The second-order valence-corrected chi connectivity index (χ2v) is 5.35. The third kappa shape index (κ3) is 4.25. The predicted molar refractivity (Wildman–Crippen MR) is 73.8 cm³/mol. The third-order valence-electron chi connectivity index (χ3n) is 4.07. The Hall–Kier alpha value is -0.610. The molecule has 18 heavy (non-hydrogen) atoms. The summed E-state index contributed by atoms with van der Waals surface area (Å²) in [4.78, 5) is 15.8. The fourth-order valence-electron chi connectivity index (χ4n) is 2.98. The summed E-state index contributed by atoms with van der Waals surface area (Å²) in [5.74, 6) is -0.685. The van der Waals surface area contributed by atoms with E-state index >= 15 is 0 Å². The van der Waals surface area contributed by atoms with Crippen molar-refractivity contribution in [3.63, 3.8) is 0 Å². The van der Waals surface area contributed by atoms with E-state index in [9.17, 15) is 9.90 Å². The third-order valence-corrected chi connectivity index (χ3v) is 4.07. The monoisotopic (exact) mass is 256 g/mol. The van der Waals surface area contributed by atoms with E-state index in [1.54, 1.807) is 0 Å². The topological polar surface area (TPSA) is 43.8 Å². The smallest absolute Gasteiger partial charge is 0.320 e. The Balaban J connectivity index is 2.53. The summed E-state index contributed by atoms with van der Waals surface area (Å²) in [6.45, 7) is 7.62. The average Bonchev–Trinajstić information content (AvgIpc) is 2.55. The van der Waals surface area contributed by atoms with Gasteiger partial charge in [-0.15, -0.1) is 0 Å².